The quantitative estimate of drug-likeness (QED) is 0.743. The number of methoxy groups -OCH3 is 1. The van der Waals surface area contributed by atoms with Gasteiger partial charge in [0, 0.05) is 13.1 Å². The smallest absolute Gasteiger partial charge is 0.255 e. The third-order valence-electron chi connectivity index (χ3n) is 5.91. The number of fused-ring (bicyclic) bond motifs is 1. The summed E-state index contributed by atoms with van der Waals surface area (Å²) in [6, 6.07) is 15.2. The van der Waals surface area contributed by atoms with E-state index in [0.717, 1.165) is 37.1 Å². The number of benzene rings is 2. The minimum absolute atomic E-state index is 0.00335. The van der Waals surface area contributed by atoms with E-state index in [2.05, 4.69) is 15.5 Å². The molecule has 4 rings (SSSR count). The standard InChI is InChI=1S/C24H29N3O4/c1-30-19-9-7-18(8-10-19)11-13-25-22(28)15-27-14-4-12-24(17-27)16-26-23(29)20-5-2-3-6-21(20)31-24/h2-3,5-10H,4,11-17H2,1H3,(H,25,28)(H,26,29). The molecule has 1 unspecified atom stereocenters. The summed E-state index contributed by atoms with van der Waals surface area (Å²) in [5.74, 6) is 1.33. The predicted molar refractivity (Wildman–Crippen MR) is 118 cm³/mol. The highest BCUT2D eigenvalue weighted by Crippen LogP contribution is 2.31. The number of para-hydroxylation sites is 1. The second kappa shape index (κ2) is 9.39. The van der Waals surface area contributed by atoms with Crippen molar-refractivity contribution in [3.63, 3.8) is 0 Å². The second-order valence-electron chi connectivity index (χ2n) is 8.23. The highest BCUT2D eigenvalue weighted by molar-refractivity contribution is 5.97. The topological polar surface area (TPSA) is 79.9 Å². The first-order valence-electron chi connectivity index (χ1n) is 10.8. The van der Waals surface area contributed by atoms with Crippen molar-refractivity contribution in [3.8, 4) is 11.5 Å². The van der Waals surface area contributed by atoms with Crippen LogP contribution in [-0.2, 0) is 11.2 Å². The van der Waals surface area contributed by atoms with E-state index in [1.807, 2.05) is 42.5 Å². The molecule has 0 saturated carbocycles. The Hall–Kier alpha value is -3.06. The Morgan fingerprint density at radius 1 is 1.23 bits per heavy atom. The van der Waals surface area contributed by atoms with Crippen molar-refractivity contribution in [3.05, 3.63) is 59.7 Å². The summed E-state index contributed by atoms with van der Waals surface area (Å²) >= 11 is 0. The molecule has 31 heavy (non-hydrogen) atoms. The average molecular weight is 424 g/mol. The van der Waals surface area contributed by atoms with Crippen LogP contribution in [-0.4, -0.2) is 62.1 Å². The summed E-state index contributed by atoms with van der Waals surface area (Å²) < 4.78 is 11.5. The summed E-state index contributed by atoms with van der Waals surface area (Å²) in [6.07, 6.45) is 2.53. The Morgan fingerprint density at radius 2 is 2.03 bits per heavy atom. The Balaban J connectivity index is 1.30. The fraction of sp³-hybridized carbons (Fsp3) is 0.417. The molecule has 2 aromatic rings. The van der Waals surface area contributed by atoms with E-state index in [0.29, 0.717) is 37.5 Å². The summed E-state index contributed by atoms with van der Waals surface area (Å²) in [5, 5.41) is 6.01. The lowest BCUT2D eigenvalue weighted by Crippen LogP contribution is -2.58. The number of ether oxygens (including phenoxy) is 2. The van der Waals surface area contributed by atoms with Crippen LogP contribution >= 0.6 is 0 Å². The van der Waals surface area contributed by atoms with E-state index in [9.17, 15) is 9.59 Å². The van der Waals surface area contributed by atoms with Crippen LogP contribution in [0.3, 0.4) is 0 Å². The van der Waals surface area contributed by atoms with E-state index in [4.69, 9.17) is 9.47 Å². The number of amides is 2. The van der Waals surface area contributed by atoms with Crippen LogP contribution in [0.4, 0.5) is 0 Å². The van der Waals surface area contributed by atoms with Gasteiger partial charge in [0.2, 0.25) is 5.91 Å². The van der Waals surface area contributed by atoms with Crippen molar-refractivity contribution in [1.82, 2.24) is 15.5 Å². The van der Waals surface area contributed by atoms with Gasteiger partial charge in [-0.1, -0.05) is 24.3 Å². The van der Waals surface area contributed by atoms with Crippen LogP contribution in [0, 0.1) is 0 Å². The minimum Gasteiger partial charge on any atom is -0.497 e. The first-order chi connectivity index (χ1) is 15.1. The van der Waals surface area contributed by atoms with E-state index < -0.39 is 5.60 Å². The van der Waals surface area contributed by atoms with Gasteiger partial charge >= 0.3 is 0 Å². The Kier molecular flexibility index (Phi) is 6.42. The zero-order chi connectivity index (χ0) is 21.7. The third kappa shape index (κ3) is 5.17. The maximum absolute atomic E-state index is 12.5. The van der Waals surface area contributed by atoms with Gasteiger partial charge in [-0.25, -0.2) is 0 Å². The summed E-state index contributed by atoms with van der Waals surface area (Å²) in [7, 11) is 1.65. The highest BCUT2D eigenvalue weighted by Gasteiger charge is 2.41. The number of carbonyl (C=O) groups excluding carboxylic acids is 2. The number of carbonyl (C=O) groups is 2. The van der Waals surface area contributed by atoms with Crippen LogP contribution < -0.4 is 20.1 Å². The highest BCUT2D eigenvalue weighted by atomic mass is 16.5. The van der Waals surface area contributed by atoms with Gasteiger partial charge in [0.1, 0.15) is 17.1 Å². The third-order valence-corrected chi connectivity index (χ3v) is 5.91. The van der Waals surface area contributed by atoms with E-state index in [-0.39, 0.29) is 11.8 Å². The van der Waals surface area contributed by atoms with Crippen molar-refractivity contribution < 1.29 is 19.1 Å². The van der Waals surface area contributed by atoms with Gasteiger partial charge in [0.05, 0.1) is 25.8 Å². The lowest BCUT2D eigenvalue weighted by molar-refractivity contribution is -0.123. The van der Waals surface area contributed by atoms with Crippen LogP contribution in [0.1, 0.15) is 28.8 Å². The molecule has 2 aromatic carbocycles. The van der Waals surface area contributed by atoms with E-state index >= 15 is 0 Å². The Labute approximate surface area is 182 Å². The van der Waals surface area contributed by atoms with Gasteiger partial charge in [-0.05, 0) is 55.6 Å². The zero-order valence-electron chi connectivity index (χ0n) is 17.9. The SMILES string of the molecule is COc1ccc(CCNC(=O)CN2CCCC3(CNC(=O)c4ccccc4O3)C2)cc1. The number of hydrogen-bond donors (Lipinski definition) is 2. The molecular weight excluding hydrogens is 394 g/mol. The van der Waals surface area contributed by atoms with Crippen molar-refractivity contribution in [1.29, 1.82) is 0 Å². The summed E-state index contributed by atoms with van der Waals surface area (Å²) in [4.78, 5) is 27.0. The number of nitrogens with one attached hydrogen (secondary N) is 2. The van der Waals surface area contributed by atoms with Crippen LogP contribution in [0.2, 0.25) is 0 Å². The number of nitrogens with zero attached hydrogens (tertiary/aromatic N) is 1. The van der Waals surface area contributed by atoms with Crippen LogP contribution in [0.25, 0.3) is 0 Å². The molecule has 7 nitrogen and oxygen atoms in total. The maximum Gasteiger partial charge on any atom is 0.255 e. The average Bonchev–Trinajstić information content (AvgIpc) is 2.91. The maximum atomic E-state index is 12.5. The number of hydrogen-bond acceptors (Lipinski definition) is 5. The Bertz CT molecular complexity index is 931. The minimum atomic E-state index is -0.510. The molecule has 1 spiro atoms. The largest absolute Gasteiger partial charge is 0.497 e. The molecule has 2 aliphatic heterocycles. The van der Waals surface area contributed by atoms with Gasteiger partial charge in [0.15, 0.2) is 0 Å². The summed E-state index contributed by atoms with van der Waals surface area (Å²) in [5.41, 5.74) is 1.20. The molecule has 1 fully saturated rings. The predicted octanol–water partition coefficient (Wildman–Crippen LogP) is 2.01. The fourth-order valence-corrected chi connectivity index (χ4v) is 4.30. The lowest BCUT2D eigenvalue weighted by Gasteiger charge is -2.41. The van der Waals surface area contributed by atoms with Crippen molar-refractivity contribution in [2.24, 2.45) is 0 Å². The van der Waals surface area contributed by atoms with Crippen LogP contribution in [0.5, 0.6) is 11.5 Å². The number of rotatable bonds is 6. The van der Waals surface area contributed by atoms with Gasteiger partial charge in [-0.2, -0.15) is 0 Å². The van der Waals surface area contributed by atoms with Gasteiger partial charge in [-0.3, -0.25) is 14.5 Å². The molecule has 2 aliphatic rings. The van der Waals surface area contributed by atoms with Gasteiger partial charge < -0.3 is 20.1 Å². The second-order valence-corrected chi connectivity index (χ2v) is 8.23. The zero-order valence-corrected chi connectivity index (χ0v) is 17.9. The first-order valence-corrected chi connectivity index (χ1v) is 10.8. The van der Waals surface area contributed by atoms with Gasteiger partial charge in [0.25, 0.3) is 5.91 Å². The molecule has 164 valence electrons. The molecule has 0 aliphatic carbocycles. The van der Waals surface area contributed by atoms with E-state index in [1.165, 1.54) is 0 Å². The van der Waals surface area contributed by atoms with E-state index in [1.54, 1.807) is 13.2 Å². The molecule has 2 N–H and O–H groups in total. The molecule has 1 atom stereocenters. The molecule has 0 bridgehead atoms. The molecule has 0 radical (unpaired) electrons. The molecule has 2 heterocycles. The lowest BCUT2D eigenvalue weighted by atomic mass is 9.92. The normalized spacial score (nSPS) is 20.9. The molecule has 1 saturated heterocycles. The fourth-order valence-electron chi connectivity index (χ4n) is 4.30. The van der Waals surface area contributed by atoms with Crippen molar-refractivity contribution in [2.75, 3.05) is 39.8 Å². The van der Waals surface area contributed by atoms with Crippen molar-refractivity contribution in [2.45, 2.75) is 24.9 Å². The van der Waals surface area contributed by atoms with Crippen molar-refractivity contribution >= 4 is 11.8 Å². The molecule has 0 aromatic heterocycles. The number of piperidine rings is 1. The number of likely N-dealkylation sites (tertiary alicyclic amines) is 1. The summed E-state index contributed by atoms with van der Waals surface area (Å²) in [6.45, 7) is 2.80. The Morgan fingerprint density at radius 3 is 2.84 bits per heavy atom. The monoisotopic (exact) mass is 423 g/mol. The molecular formula is C24H29N3O4. The van der Waals surface area contributed by atoms with Gasteiger partial charge in [-0.15, -0.1) is 0 Å². The van der Waals surface area contributed by atoms with Crippen LogP contribution in [0.15, 0.2) is 48.5 Å². The molecule has 2 amide bonds. The first kappa shape index (κ1) is 21.2. The molecule has 7 heteroatoms.